The van der Waals surface area contributed by atoms with E-state index in [0.29, 0.717) is 5.56 Å². The van der Waals surface area contributed by atoms with Gasteiger partial charge in [-0.05, 0) is 61.2 Å². The third kappa shape index (κ3) is 3.32. The molecule has 2 aliphatic rings. The number of likely N-dealkylation sites (tertiary alicyclic amines) is 1. The first-order chi connectivity index (χ1) is 12.6. The molecule has 0 radical (unpaired) electrons. The SMILES string of the molecule is NC(=O)c1ccc(O[C@@H]2c3ccccc3C[C@H]2N2CCC[C@@H](N)C2)cc1. The number of nitrogens with zero attached hydrogens (tertiary/aromatic N) is 1. The number of amides is 1. The van der Waals surface area contributed by atoms with Crippen molar-refractivity contribution < 1.29 is 9.53 Å². The van der Waals surface area contributed by atoms with Gasteiger partial charge in [-0.15, -0.1) is 0 Å². The molecule has 0 spiro atoms. The molecule has 0 unspecified atom stereocenters. The molecule has 4 rings (SSSR count). The molecule has 136 valence electrons. The van der Waals surface area contributed by atoms with E-state index in [9.17, 15) is 4.79 Å². The minimum Gasteiger partial charge on any atom is -0.484 e. The summed E-state index contributed by atoms with van der Waals surface area (Å²) in [5.41, 5.74) is 14.6. The topological polar surface area (TPSA) is 81.6 Å². The summed E-state index contributed by atoms with van der Waals surface area (Å²) in [5, 5.41) is 0. The third-order valence-electron chi connectivity index (χ3n) is 5.50. The average molecular weight is 351 g/mol. The predicted molar refractivity (Wildman–Crippen MR) is 101 cm³/mol. The fourth-order valence-corrected chi connectivity index (χ4v) is 4.19. The van der Waals surface area contributed by atoms with E-state index >= 15 is 0 Å². The van der Waals surface area contributed by atoms with Crippen molar-refractivity contribution in [3.05, 3.63) is 65.2 Å². The minimum atomic E-state index is -0.428. The van der Waals surface area contributed by atoms with Crippen molar-refractivity contribution in [2.75, 3.05) is 13.1 Å². The summed E-state index contributed by atoms with van der Waals surface area (Å²) in [7, 11) is 0. The fourth-order valence-electron chi connectivity index (χ4n) is 4.19. The molecule has 5 heteroatoms. The molecule has 26 heavy (non-hydrogen) atoms. The highest BCUT2D eigenvalue weighted by Gasteiger charge is 2.39. The van der Waals surface area contributed by atoms with Crippen LogP contribution in [0.1, 0.15) is 40.4 Å². The van der Waals surface area contributed by atoms with Gasteiger partial charge in [-0.1, -0.05) is 24.3 Å². The van der Waals surface area contributed by atoms with Crippen molar-refractivity contribution in [1.29, 1.82) is 0 Å². The largest absolute Gasteiger partial charge is 0.484 e. The molecule has 1 heterocycles. The first kappa shape index (κ1) is 17.1. The van der Waals surface area contributed by atoms with Crippen LogP contribution in [0, 0.1) is 0 Å². The first-order valence-corrected chi connectivity index (χ1v) is 9.26. The Kier molecular flexibility index (Phi) is 4.66. The Balaban J connectivity index is 1.60. The van der Waals surface area contributed by atoms with E-state index in [-0.39, 0.29) is 18.2 Å². The molecule has 1 aliphatic carbocycles. The summed E-state index contributed by atoms with van der Waals surface area (Å²) in [6, 6.07) is 16.1. The maximum absolute atomic E-state index is 11.3. The number of primary amides is 1. The van der Waals surface area contributed by atoms with Crippen LogP contribution in [0.25, 0.3) is 0 Å². The summed E-state index contributed by atoms with van der Waals surface area (Å²) in [5.74, 6) is 0.325. The number of piperidine rings is 1. The molecule has 5 nitrogen and oxygen atoms in total. The van der Waals surface area contributed by atoms with Gasteiger partial charge >= 0.3 is 0 Å². The Morgan fingerprint density at radius 1 is 1.12 bits per heavy atom. The van der Waals surface area contributed by atoms with E-state index in [1.54, 1.807) is 12.1 Å². The van der Waals surface area contributed by atoms with Gasteiger partial charge < -0.3 is 16.2 Å². The van der Waals surface area contributed by atoms with Crippen LogP contribution < -0.4 is 16.2 Å². The Morgan fingerprint density at radius 3 is 2.62 bits per heavy atom. The van der Waals surface area contributed by atoms with Crippen LogP contribution in [-0.4, -0.2) is 36.0 Å². The molecule has 2 aromatic rings. The predicted octanol–water partition coefficient (Wildman–Crippen LogP) is 2.25. The highest BCUT2D eigenvalue weighted by atomic mass is 16.5. The lowest BCUT2D eigenvalue weighted by atomic mass is 10.0. The average Bonchev–Trinajstić information content (AvgIpc) is 3.01. The molecule has 0 saturated carbocycles. The molecule has 1 fully saturated rings. The summed E-state index contributed by atoms with van der Waals surface area (Å²) in [6.07, 6.45) is 3.17. The third-order valence-corrected chi connectivity index (χ3v) is 5.50. The lowest BCUT2D eigenvalue weighted by Crippen LogP contribution is -2.49. The van der Waals surface area contributed by atoms with Crippen LogP contribution in [-0.2, 0) is 6.42 Å². The summed E-state index contributed by atoms with van der Waals surface area (Å²) in [6.45, 7) is 1.98. The molecule has 0 aromatic heterocycles. The molecule has 1 aliphatic heterocycles. The van der Waals surface area contributed by atoms with Crippen molar-refractivity contribution in [1.82, 2.24) is 4.90 Å². The monoisotopic (exact) mass is 351 g/mol. The highest BCUT2D eigenvalue weighted by Crippen LogP contribution is 2.38. The summed E-state index contributed by atoms with van der Waals surface area (Å²) >= 11 is 0. The maximum atomic E-state index is 11.3. The second kappa shape index (κ2) is 7.09. The van der Waals surface area contributed by atoms with Crippen molar-refractivity contribution in [2.24, 2.45) is 11.5 Å². The molecule has 0 bridgehead atoms. The summed E-state index contributed by atoms with van der Waals surface area (Å²) < 4.78 is 6.40. The molecular weight excluding hydrogens is 326 g/mol. The lowest BCUT2D eigenvalue weighted by Gasteiger charge is -2.38. The Hall–Kier alpha value is -2.37. The van der Waals surface area contributed by atoms with Crippen molar-refractivity contribution >= 4 is 5.91 Å². The van der Waals surface area contributed by atoms with Gasteiger partial charge in [0.15, 0.2) is 0 Å². The zero-order valence-corrected chi connectivity index (χ0v) is 14.8. The molecule has 4 N–H and O–H groups in total. The van der Waals surface area contributed by atoms with Gasteiger partial charge in [0, 0.05) is 18.2 Å². The standard InChI is InChI=1S/C21H25N3O2/c22-16-5-3-11-24(13-16)19-12-15-4-1-2-6-18(15)20(19)26-17-9-7-14(8-10-17)21(23)25/h1-2,4,6-10,16,19-20H,3,5,11-13,22H2,(H2,23,25)/t16-,19-,20-/m1/s1. The van der Waals surface area contributed by atoms with Gasteiger partial charge in [0.05, 0.1) is 6.04 Å². The molecule has 1 amide bonds. The zero-order valence-electron chi connectivity index (χ0n) is 14.8. The second-order valence-corrected chi connectivity index (χ2v) is 7.29. The molecule has 1 saturated heterocycles. The smallest absolute Gasteiger partial charge is 0.248 e. The molecular formula is C21H25N3O2. The number of hydrogen-bond donors (Lipinski definition) is 2. The van der Waals surface area contributed by atoms with Gasteiger partial charge in [-0.3, -0.25) is 9.69 Å². The van der Waals surface area contributed by atoms with E-state index < -0.39 is 5.91 Å². The fraction of sp³-hybridized carbons (Fsp3) is 0.381. The maximum Gasteiger partial charge on any atom is 0.248 e. The number of ether oxygens (including phenoxy) is 1. The normalized spacial score (nSPS) is 25.7. The van der Waals surface area contributed by atoms with Gasteiger partial charge in [-0.25, -0.2) is 0 Å². The minimum absolute atomic E-state index is 0.0315. The number of carbonyl (C=O) groups excluding carboxylic acids is 1. The van der Waals surface area contributed by atoms with E-state index in [2.05, 4.69) is 29.2 Å². The van der Waals surface area contributed by atoms with E-state index in [4.69, 9.17) is 16.2 Å². The second-order valence-electron chi connectivity index (χ2n) is 7.29. The number of carbonyl (C=O) groups is 1. The number of fused-ring (bicyclic) bond motifs is 1. The Labute approximate surface area is 153 Å². The van der Waals surface area contributed by atoms with Crippen LogP contribution >= 0.6 is 0 Å². The quantitative estimate of drug-likeness (QED) is 0.885. The zero-order chi connectivity index (χ0) is 18.1. The van der Waals surface area contributed by atoms with Crippen molar-refractivity contribution in [3.63, 3.8) is 0 Å². The van der Waals surface area contributed by atoms with Gasteiger partial charge in [-0.2, -0.15) is 0 Å². The first-order valence-electron chi connectivity index (χ1n) is 9.26. The lowest BCUT2D eigenvalue weighted by molar-refractivity contribution is 0.0593. The van der Waals surface area contributed by atoms with Gasteiger partial charge in [0.2, 0.25) is 5.91 Å². The van der Waals surface area contributed by atoms with Gasteiger partial charge in [0.1, 0.15) is 11.9 Å². The van der Waals surface area contributed by atoms with Crippen LogP contribution in [0.15, 0.2) is 48.5 Å². The van der Waals surface area contributed by atoms with E-state index in [1.807, 2.05) is 12.1 Å². The number of hydrogen-bond acceptors (Lipinski definition) is 4. The van der Waals surface area contributed by atoms with Crippen LogP contribution in [0.5, 0.6) is 5.75 Å². The highest BCUT2D eigenvalue weighted by molar-refractivity contribution is 5.92. The van der Waals surface area contributed by atoms with E-state index in [1.165, 1.54) is 11.1 Å². The number of benzene rings is 2. The van der Waals surface area contributed by atoms with Crippen LogP contribution in [0.4, 0.5) is 0 Å². The molecule has 2 aromatic carbocycles. The van der Waals surface area contributed by atoms with Crippen molar-refractivity contribution in [3.8, 4) is 5.75 Å². The number of rotatable bonds is 4. The Morgan fingerprint density at radius 2 is 1.88 bits per heavy atom. The van der Waals surface area contributed by atoms with Gasteiger partial charge in [0.25, 0.3) is 0 Å². The number of nitrogens with two attached hydrogens (primary N) is 2. The van der Waals surface area contributed by atoms with Crippen molar-refractivity contribution in [2.45, 2.75) is 37.5 Å². The molecule has 3 atom stereocenters. The Bertz CT molecular complexity index is 790. The van der Waals surface area contributed by atoms with E-state index in [0.717, 1.165) is 38.1 Å². The van der Waals surface area contributed by atoms with Crippen LogP contribution in [0.2, 0.25) is 0 Å². The van der Waals surface area contributed by atoms with Crippen LogP contribution in [0.3, 0.4) is 0 Å². The summed E-state index contributed by atoms with van der Waals surface area (Å²) in [4.78, 5) is 13.8.